The summed E-state index contributed by atoms with van der Waals surface area (Å²) in [6.45, 7) is 2.60. The Morgan fingerprint density at radius 3 is 1.95 bits per heavy atom. The lowest BCUT2D eigenvalue weighted by Gasteiger charge is -2.19. The lowest BCUT2D eigenvalue weighted by Crippen LogP contribution is -2.36. The number of aliphatic imine (C=N–C) groups is 1. The van der Waals surface area contributed by atoms with Crippen molar-refractivity contribution in [2.24, 2.45) is 4.99 Å². The van der Waals surface area contributed by atoms with Gasteiger partial charge in [0.15, 0.2) is 0 Å². The number of amides is 1. The number of nitrogens with zero attached hydrogens (tertiary/aromatic N) is 2. The van der Waals surface area contributed by atoms with Crippen molar-refractivity contribution in [3.05, 3.63) is 50.4 Å². The molecule has 0 bridgehead atoms. The third kappa shape index (κ3) is 10.6. The Balaban J connectivity index is 1.45. The first-order valence-electron chi connectivity index (χ1n) is 14.2. The Labute approximate surface area is 264 Å². The number of nitrogens with one attached hydrogen (secondary N) is 2. The molecule has 2 aromatic rings. The van der Waals surface area contributed by atoms with Crippen LogP contribution < -0.4 is 15.2 Å². The third-order valence-corrected chi connectivity index (χ3v) is 9.54. The summed E-state index contributed by atoms with van der Waals surface area (Å²) in [4.78, 5) is 17.0. The molecule has 1 saturated heterocycles. The van der Waals surface area contributed by atoms with Crippen LogP contribution in [0.4, 0.5) is 11.4 Å². The molecular formula is C29H38Cl4N4O3S. The molecule has 3 rings (SSSR count). The van der Waals surface area contributed by atoms with Crippen LogP contribution in [0.5, 0.6) is 0 Å². The zero-order valence-electron chi connectivity index (χ0n) is 23.3. The molecule has 0 spiro atoms. The fourth-order valence-electron chi connectivity index (χ4n) is 4.63. The summed E-state index contributed by atoms with van der Waals surface area (Å²) in [6, 6.07) is 7.37. The number of sulfonamides is 1. The van der Waals surface area contributed by atoms with Crippen molar-refractivity contribution < 1.29 is 13.2 Å². The standard InChI is InChI=1S/C29H38Cl4N4O3S/c1-2-3-4-5-6-7-8-9-10-11-12-13-16-34-41(39,40)26-15-14-22(19-23(26)31)35-27-20-28(38)37(36-27)29-24(32)17-21(30)18-25(29)33/h14-15,17-19,34H,2-13,16,20H2,1H3,(H,35,36). The predicted octanol–water partition coefficient (Wildman–Crippen LogP) is 9.25. The summed E-state index contributed by atoms with van der Waals surface area (Å²) in [5.41, 5.74) is 3.55. The van der Waals surface area contributed by atoms with Gasteiger partial charge in [0, 0.05) is 11.6 Å². The van der Waals surface area contributed by atoms with Gasteiger partial charge in [0.2, 0.25) is 10.0 Å². The van der Waals surface area contributed by atoms with Crippen molar-refractivity contribution in [3.8, 4) is 0 Å². The molecule has 0 aromatic heterocycles. The molecule has 1 fully saturated rings. The molecule has 7 nitrogen and oxygen atoms in total. The topological polar surface area (TPSA) is 90.9 Å². The number of unbranched alkanes of at least 4 members (excludes halogenated alkanes) is 11. The minimum absolute atomic E-state index is 0.0149. The first kappa shape index (κ1) is 33.9. The van der Waals surface area contributed by atoms with Crippen molar-refractivity contribution in [3.63, 3.8) is 0 Å². The van der Waals surface area contributed by atoms with Crippen LogP contribution in [0.15, 0.2) is 40.2 Å². The van der Waals surface area contributed by atoms with E-state index < -0.39 is 10.0 Å². The second-order valence-electron chi connectivity index (χ2n) is 10.2. The largest absolute Gasteiger partial charge is 0.277 e. The van der Waals surface area contributed by atoms with Crippen LogP contribution in [0.2, 0.25) is 20.1 Å². The third-order valence-electron chi connectivity index (χ3n) is 6.81. The van der Waals surface area contributed by atoms with Crippen LogP contribution in [0, 0.1) is 0 Å². The number of amidine groups is 1. The molecule has 1 heterocycles. The number of carbonyl (C=O) groups excluding carboxylic acids is 1. The Bertz CT molecular complexity index is 1300. The maximum Gasteiger partial charge on any atom is 0.253 e. The predicted molar refractivity (Wildman–Crippen MR) is 172 cm³/mol. The molecule has 1 amide bonds. The van der Waals surface area contributed by atoms with Gasteiger partial charge in [-0.15, -0.1) is 0 Å². The number of carbonyl (C=O) groups is 1. The number of hydrogen-bond acceptors (Lipinski definition) is 4. The molecule has 2 N–H and O–H groups in total. The van der Waals surface area contributed by atoms with Crippen molar-refractivity contribution in [1.82, 2.24) is 10.1 Å². The van der Waals surface area contributed by atoms with Crippen molar-refractivity contribution in [1.29, 1.82) is 0 Å². The summed E-state index contributed by atoms with van der Waals surface area (Å²) in [6.07, 6.45) is 14.5. The van der Waals surface area contributed by atoms with Crippen LogP contribution in [-0.4, -0.2) is 26.7 Å². The van der Waals surface area contributed by atoms with Gasteiger partial charge in [-0.2, -0.15) is 0 Å². The Hall–Kier alpha value is -1.55. The highest BCUT2D eigenvalue weighted by molar-refractivity contribution is 7.89. The van der Waals surface area contributed by atoms with E-state index in [0.29, 0.717) is 23.1 Å². The first-order chi connectivity index (χ1) is 19.6. The average molecular weight is 665 g/mol. The zero-order valence-corrected chi connectivity index (χ0v) is 27.2. The van der Waals surface area contributed by atoms with Crippen LogP contribution in [0.1, 0.15) is 90.4 Å². The zero-order chi connectivity index (χ0) is 29.8. The Morgan fingerprint density at radius 2 is 1.39 bits per heavy atom. The van der Waals surface area contributed by atoms with E-state index in [1.54, 1.807) is 0 Å². The van der Waals surface area contributed by atoms with Gasteiger partial charge in [0.25, 0.3) is 5.91 Å². The summed E-state index contributed by atoms with van der Waals surface area (Å²) in [5.74, 6) is 0.0102. The smallest absolute Gasteiger partial charge is 0.253 e. The van der Waals surface area contributed by atoms with Crippen LogP contribution in [-0.2, 0) is 14.8 Å². The summed E-state index contributed by atoms with van der Waals surface area (Å²) in [5, 5.41) is 2.01. The number of rotatable bonds is 17. The minimum Gasteiger partial charge on any atom is -0.277 e. The molecule has 12 heteroatoms. The van der Waals surface area contributed by atoms with E-state index in [2.05, 4.69) is 22.1 Å². The molecule has 41 heavy (non-hydrogen) atoms. The van der Waals surface area contributed by atoms with E-state index in [1.165, 1.54) is 93.1 Å². The fraction of sp³-hybridized carbons (Fsp3) is 0.517. The van der Waals surface area contributed by atoms with E-state index in [0.717, 1.165) is 19.3 Å². The second-order valence-corrected chi connectivity index (χ2v) is 13.6. The maximum absolute atomic E-state index is 12.8. The number of anilines is 1. The fourth-order valence-corrected chi connectivity index (χ4v) is 7.23. The quantitative estimate of drug-likeness (QED) is 0.165. The van der Waals surface area contributed by atoms with E-state index in [-0.39, 0.29) is 38.0 Å². The van der Waals surface area contributed by atoms with E-state index in [4.69, 9.17) is 46.4 Å². The monoisotopic (exact) mass is 662 g/mol. The Kier molecular flexibility index (Phi) is 14.0. The highest BCUT2D eigenvalue weighted by Gasteiger charge is 2.30. The average Bonchev–Trinajstić information content (AvgIpc) is 3.25. The van der Waals surface area contributed by atoms with Gasteiger partial charge in [0.05, 0.1) is 27.2 Å². The van der Waals surface area contributed by atoms with Gasteiger partial charge in [0.1, 0.15) is 16.4 Å². The van der Waals surface area contributed by atoms with Gasteiger partial charge in [-0.3, -0.25) is 10.2 Å². The van der Waals surface area contributed by atoms with Gasteiger partial charge < -0.3 is 0 Å². The van der Waals surface area contributed by atoms with Crippen molar-refractivity contribution in [2.75, 3.05) is 11.6 Å². The number of hydrazine groups is 1. The maximum atomic E-state index is 12.8. The van der Waals surface area contributed by atoms with Gasteiger partial charge in [-0.1, -0.05) is 124 Å². The van der Waals surface area contributed by atoms with Gasteiger partial charge >= 0.3 is 0 Å². The van der Waals surface area contributed by atoms with Crippen molar-refractivity contribution in [2.45, 2.75) is 95.3 Å². The molecular weight excluding hydrogens is 626 g/mol. The molecule has 2 aromatic carbocycles. The number of benzene rings is 2. The molecule has 0 radical (unpaired) electrons. The molecule has 1 aliphatic rings. The molecule has 0 unspecified atom stereocenters. The molecule has 1 aliphatic heterocycles. The summed E-state index contributed by atoms with van der Waals surface area (Å²) >= 11 is 24.8. The molecule has 226 valence electrons. The van der Waals surface area contributed by atoms with Crippen LogP contribution in [0.25, 0.3) is 0 Å². The SMILES string of the molecule is CCCCCCCCCCCCCCNS(=O)(=O)c1ccc(N=C2CC(=O)N(c3c(Cl)cc(Cl)cc3Cl)N2)cc1Cl. The minimum atomic E-state index is -3.76. The number of hydrogen-bond donors (Lipinski definition) is 2. The summed E-state index contributed by atoms with van der Waals surface area (Å²) < 4.78 is 28.3. The molecule has 0 saturated carbocycles. The van der Waals surface area contributed by atoms with E-state index >= 15 is 0 Å². The van der Waals surface area contributed by atoms with E-state index in [9.17, 15) is 13.2 Å². The number of halogens is 4. The molecule has 0 atom stereocenters. The second kappa shape index (κ2) is 16.9. The van der Waals surface area contributed by atoms with Gasteiger partial charge in [-0.05, 0) is 36.8 Å². The first-order valence-corrected chi connectivity index (χ1v) is 17.2. The van der Waals surface area contributed by atoms with Crippen molar-refractivity contribution >= 4 is 79.5 Å². The normalized spacial score (nSPS) is 14.7. The summed E-state index contributed by atoms with van der Waals surface area (Å²) in [7, 11) is -3.76. The molecule has 0 aliphatic carbocycles. The van der Waals surface area contributed by atoms with Gasteiger partial charge in [-0.25, -0.2) is 23.1 Å². The van der Waals surface area contributed by atoms with Crippen LogP contribution in [0.3, 0.4) is 0 Å². The van der Waals surface area contributed by atoms with E-state index in [1.807, 2.05) is 0 Å². The van der Waals surface area contributed by atoms with Crippen LogP contribution >= 0.6 is 46.4 Å². The highest BCUT2D eigenvalue weighted by Crippen LogP contribution is 2.37. The highest BCUT2D eigenvalue weighted by atomic mass is 35.5. The lowest BCUT2D eigenvalue weighted by molar-refractivity contribution is -0.116. The Morgan fingerprint density at radius 1 is 0.829 bits per heavy atom. The lowest BCUT2D eigenvalue weighted by atomic mass is 10.1.